The summed E-state index contributed by atoms with van der Waals surface area (Å²) in [5, 5.41) is 3.85. The van der Waals surface area contributed by atoms with Crippen LogP contribution in [0, 0.1) is 6.92 Å². The summed E-state index contributed by atoms with van der Waals surface area (Å²) in [6.45, 7) is 5.68. The fourth-order valence-electron chi connectivity index (χ4n) is 3.25. The van der Waals surface area contributed by atoms with Crippen LogP contribution in [0.1, 0.15) is 21.6 Å². The molecule has 2 aromatic heterocycles. The molecule has 6 nitrogen and oxygen atoms in total. The molecule has 1 N–H and O–H groups in total. The monoisotopic (exact) mass is 362 g/mol. The van der Waals surface area contributed by atoms with Gasteiger partial charge in [0.15, 0.2) is 5.65 Å². The number of benzene rings is 1. The average molecular weight is 362 g/mol. The second-order valence-electron chi connectivity index (χ2n) is 6.62. The Balaban J connectivity index is 1.42. The first-order valence-corrected chi connectivity index (χ1v) is 9.13. The second kappa shape index (κ2) is 7.72. The molecule has 4 rings (SSSR count). The number of aromatic nitrogens is 2. The number of hydrogen-bond donors (Lipinski definition) is 1. The van der Waals surface area contributed by atoms with Crippen LogP contribution in [0.4, 0.5) is 5.69 Å². The number of hydrogen-bond acceptors (Lipinski definition) is 5. The summed E-state index contributed by atoms with van der Waals surface area (Å²) in [6, 6.07) is 13.9. The molecule has 3 heterocycles. The van der Waals surface area contributed by atoms with Gasteiger partial charge in [0.2, 0.25) is 0 Å². The van der Waals surface area contributed by atoms with Crippen LogP contribution in [-0.4, -0.2) is 42.2 Å². The Hall–Kier alpha value is -2.99. The Kier molecular flexibility index (Phi) is 4.98. The van der Waals surface area contributed by atoms with Crippen molar-refractivity contribution in [1.29, 1.82) is 0 Å². The minimum absolute atomic E-state index is 0.122. The smallest absolute Gasteiger partial charge is 0.253 e. The van der Waals surface area contributed by atoms with Crippen molar-refractivity contribution in [3.63, 3.8) is 0 Å². The average Bonchev–Trinajstić information content (AvgIpc) is 2.72. The van der Waals surface area contributed by atoms with Crippen LogP contribution in [0.3, 0.4) is 0 Å². The van der Waals surface area contributed by atoms with Crippen LogP contribution >= 0.6 is 0 Å². The summed E-state index contributed by atoms with van der Waals surface area (Å²) < 4.78 is 5.39. The third-order valence-corrected chi connectivity index (χ3v) is 4.79. The molecule has 1 amide bonds. The van der Waals surface area contributed by atoms with Gasteiger partial charge >= 0.3 is 0 Å². The maximum Gasteiger partial charge on any atom is 0.253 e. The first kappa shape index (κ1) is 17.4. The lowest BCUT2D eigenvalue weighted by Crippen LogP contribution is -2.36. The van der Waals surface area contributed by atoms with E-state index in [9.17, 15) is 4.79 Å². The van der Waals surface area contributed by atoms with Crippen molar-refractivity contribution < 1.29 is 9.53 Å². The van der Waals surface area contributed by atoms with Crippen LogP contribution in [-0.2, 0) is 11.3 Å². The van der Waals surface area contributed by atoms with Crippen LogP contribution in [0.5, 0.6) is 0 Å². The van der Waals surface area contributed by atoms with Crippen molar-refractivity contribution in [3.8, 4) is 0 Å². The number of morpholine rings is 1. The van der Waals surface area contributed by atoms with Gasteiger partial charge in [0, 0.05) is 36.9 Å². The number of carbonyl (C=O) groups is 1. The molecule has 0 aliphatic carbocycles. The topological polar surface area (TPSA) is 67.4 Å². The fourth-order valence-corrected chi connectivity index (χ4v) is 3.25. The molecule has 1 aliphatic heterocycles. The largest absolute Gasteiger partial charge is 0.378 e. The third-order valence-electron chi connectivity index (χ3n) is 4.79. The van der Waals surface area contributed by atoms with Gasteiger partial charge in [-0.15, -0.1) is 0 Å². The molecule has 1 aromatic carbocycles. The van der Waals surface area contributed by atoms with Crippen LogP contribution in [0.25, 0.3) is 11.0 Å². The lowest BCUT2D eigenvalue weighted by atomic mass is 10.1. The van der Waals surface area contributed by atoms with Crippen LogP contribution < -0.4 is 10.2 Å². The van der Waals surface area contributed by atoms with Gasteiger partial charge in [-0.1, -0.05) is 12.1 Å². The minimum atomic E-state index is -0.122. The van der Waals surface area contributed by atoms with E-state index in [0.717, 1.165) is 37.3 Å². The molecule has 6 heteroatoms. The van der Waals surface area contributed by atoms with E-state index in [4.69, 9.17) is 4.74 Å². The summed E-state index contributed by atoms with van der Waals surface area (Å²) in [5.74, 6) is -0.122. The van der Waals surface area contributed by atoms with Crippen molar-refractivity contribution in [2.45, 2.75) is 13.5 Å². The predicted octanol–water partition coefficient (Wildman–Crippen LogP) is 2.70. The quantitative estimate of drug-likeness (QED) is 0.773. The molecular weight excluding hydrogens is 340 g/mol. The molecule has 0 bridgehead atoms. The number of amides is 1. The van der Waals surface area contributed by atoms with E-state index in [-0.39, 0.29) is 5.91 Å². The number of carbonyl (C=O) groups excluding carboxylic acids is 1. The Morgan fingerprint density at radius 3 is 2.74 bits per heavy atom. The number of anilines is 1. The van der Waals surface area contributed by atoms with Crippen molar-refractivity contribution in [2.75, 3.05) is 31.2 Å². The molecular formula is C21H22N4O2. The summed E-state index contributed by atoms with van der Waals surface area (Å²) in [5.41, 5.74) is 4.18. The Morgan fingerprint density at radius 2 is 1.96 bits per heavy atom. The molecule has 1 saturated heterocycles. The van der Waals surface area contributed by atoms with E-state index in [1.807, 2.05) is 25.1 Å². The van der Waals surface area contributed by atoms with E-state index in [2.05, 4.69) is 44.5 Å². The van der Waals surface area contributed by atoms with Crippen molar-refractivity contribution >= 4 is 22.6 Å². The lowest BCUT2D eigenvalue weighted by Gasteiger charge is -2.28. The maximum absolute atomic E-state index is 12.6. The number of aryl methyl sites for hydroxylation is 1. The molecule has 0 spiro atoms. The van der Waals surface area contributed by atoms with Gasteiger partial charge < -0.3 is 15.0 Å². The zero-order valence-corrected chi connectivity index (χ0v) is 15.3. The van der Waals surface area contributed by atoms with Crippen LogP contribution in [0.2, 0.25) is 0 Å². The molecule has 1 aliphatic rings. The van der Waals surface area contributed by atoms with Crippen LogP contribution in [0.15, 0.2) is 48.7 Å². The van der Waals surface area contributed by atoms with Gasteiger partial charge in [-0.25, -0.2) is 9.97 Å². The van der Waals surface area contributed by atoms with E-state index >= 15 is 0 Å². The van der Waals surface area contributed by atoms with Crippen molar-refractivity contribution in [1.82, 2.24) is 15.3 Å². The summed E-state index contributed by atoms with van der Waals surface area (Å²) in [7, 11) is 0. The van der Waals surface area contributed by atoms with E-state index in [0.29, 0.717) is 23.4 Å². The fraction of sp³-hybridized carbons (Fsp3) is 0.286. The highest BCUT2D eigenvalue weighted by Crippen LogP contribution is 2.17. The highest BCUT2D eigenvalue weighted by molar-refractivity contribution is 5.98. The first-order valence-electron chi connectivity index (χ1n) is 9.13. The summed E-state index contributed by atoms with van der Waals surface area (Å²) in [4.78, 5) is 23.6. The standard InChI is InChI=1S/C21H22N4O2/c1-15-19(13-17-3-2-8-22-20(17)24-15)21(26)23-14-16-4-6-18(7-5-16)25-9-11-27-12-10-25/h2-8,13H,9-12,14H2,1H3,(H,23,26). The maximum atomic E-state index is 12.6. The lowest BCUT2D eigenvalue weighted by molar-refractivity contribution is 0.0950. The Bertz CT molecular complexity index is 950. The number of fused-ring (bicyclic) bond motifs is 1. The number of nitrogens with one attached hydrogen (secondary N) is 1. The molecule has 0 radical (unpaired) electrons. The van der Waals surface area contributed by atoms with Gasteiger partial charge in [-0.05, 0) is 42.8 Å². The number of nitrogens with zero attached hydrogens (tertiary/aromatic N) is 3. The summed E-state index contributed by atoms with van der Waals surface area (Å²) in [6.07, 6.45) is 1.70. The van der Waals surface area contributed by atoms with Crippen molar-refractivity contribution in [2.24, 2.45) is 0 Å². The third kappa shape index (κ3) is 3.90. The van der Waals surface area contributed by atoms with Gasteiger partial charge in [-0.2, -0.15) is 0 Å². The first-order chi connectivity index (χ1) is 13.2. The molecule has 1 fully saturated rings. The summed E-state index contributed by atoms with van der Waals surface area (Å²) >= 11 is 0. The molecule has 3 aromatic rings. The van der Waals surface area contributed by atoms with Gasteiger partial charge in [-0.3, -0.25) is 4.79 Å². The SMILES string of the molecule is Cc1nc2ncccc2cc1C(=O)NCc1ccc(N2CCOCC2)cc1. The molecule has 138 valence electrons. The molecule has 0 atom stereocenters. The van der Waals surface area contributed by atoms with Crippen molar-refractivity contribution in [3.05, 3.63) is 65.5 Å². The second-order valence-corrected chi connectivity index (χ2v) is 6.62. The molecule has 27 heavy (non-hydrogen) atoms. The number of rotatable bonds is 4. The zero-order valence-electron chi connectivity index (χ0n) is 15.3. The Labute approximate surface area is 158 Å². The molecule has 0 unspecified atom stereocenters. The normalized spacial score (nSPS) is 14.3. The van der Waals surface area contributed by atoms with E-state index in [1.54, 1.807) is 6.20 Å². The van der Waals surface area contributed by atoms with E-state index in [1.165, 1.54) is 5.69 Å². The number of pyridine rings is 2. The Morgan fingerprint density at radius 1 is 1.19 bits per heavy atom. The number of ether oxygens (including phenoxy) is 1. The molecule has 0 saturated carbocycles. The highest BCUT2D eigenvalue weighted by atomic mass is 16.5. The van der Waals surface area contributed by atoms with E-state index < -0.39 is 0 Å². The zero-order chi connectivity index (χ0) is 18.6. The minimum Gasteiger partial charge on any atom is -0.378 e. The van der Waals surface area contributed by atoms with Gasteiger partial charge in [0.1, 0.15) is 0 Å². The van der Waals surface area contributed by atoms with Gasteiger partial charge in [0.05, 0.1) is 24.5 Å². The van der Waals surface area contributed by atoms with Gasteiger partial charge in [0.25, 0.3) is 5.91 Å². The predicted molar refractivity (Wildman–Crippen MR) is 105 cm³/mol. The highest BCUT2D eigenvalue weighted by Gasteiger charge is 2.13.